The van der Waals surface area contributed by atoms with E-state index in [4.69, 9.17) is 0 Å². The number of thioether (sulfide) groups is 1. The van der Waals surface area contributed by atoms with E-state index in [1.54, 1.807) is 11.8 Å². The Morgan fingerprint density at radius 3 is 2.48 bits per heavy atom. The Hall–Kier alpha value is -2.14. The second-order valence-corrected chi connectivity index (χ2v) is 5.45. The van der Waals surface area contributed by atoms with Crippen molar-refractivity contribution < 1.29 is 13.6 Å². The average molecular weight is 303 g/mol. The third kappa shape index (κ3) is 2.34. The monoisotopic (exact) mass is 303 g/mol. The van der Waals surface area contributed by atoms with Gasteiger partial charge in [0.1, 0.15) is 11.6 Å². The van der Waals surface area contributed by atoms with Gasteiger partial charge in [-0.3, -0.25) is 4.79 Å². The summed E-state index contributed by atoms with van der Waals surface area (Å²) in [4.78, 5) is 15.3. The van der Waals surface area contributed by atoms with Crippen LogP contribution in [0.1, 0.15) is 10.4 Å². The summed E-state index contributed by atoms with van der Waals surface area (Å²) in [5, 5.41) is 0.256. The zero-order chi connectivity index (χ0) is 15.0. The van der Waals surface area contributed by atoms with Crippen molar-refractivity contribution >= 4 is 29.0 Å². The van der Waals surface area contributed by atoms with Crippen molar-refractivity contribution in [2.45, 2.75) is 4.90 Å². The summed E-state index contributed by atoms with van der Waals surface area (Å²) in [6.45, 7) is 0. The third-order valence-electron chi connectivity index (χ3n) is 3.36. The largest absolute Gasteiger partial charge is 0.352 e. The third-order valence-corrected chi connectivity index (χ3v) is 4.10. The summed E-state index contributed by atoms with van der Waals surface area (Å²) in [5.41, 5.74) is 1.66. The molecule has 0 aliphatic rings. The van der Waals surface area contributed by atoms with E-state index >= 15 is 0 Å². The van der Waals surface area contributed by atoms with Crippen molar-refractivity contribution in [2.24, 2.45) is 0 Å². The fourth-order valence-electron chi connectivity index (χ4n) is 2.35. The maximum absolute atomic E-state index is 13.8. The first-order valence-electron chi connectivity index (χ1n) is 6.24. The van der Waals surface area contributed by atoms with E-state index in [0.717, 1.165) is 16.5 Å². The second kappa shape index (κ2) is 5.33. The summed E-state index contributed by atoms with van der Waals surface area (Å²) < 4.78 is 27.2. The second-order valence-electron chi connectivity index (χ2n) is 4.57. The highest BCUT2D eigenvalue weighted by Gasteiger charge is 2.16. The van der Waals surface area contributed by atoms with E-state index in [1.807, 2.05) is 30.5 Å². The molecule has 0 saturated heterocycles. The molecule has 5 heteroatoms. The van der Waals surface area contributed by atoms with Gasteiger partial charge in [0.2, 0.25) is 0 Å². The molecule has 0 fully saturated rings. The van der Waals surface area contributed by atoms with E-state index in [2.05, 4.69) is 4.98 Å². The molecule has 0 amide bonds. The van der Waals surface area contributed by atoms with Gasteiger partial charge in [-0.2, -0.15) is 0 Å². The molecule has 0 saturated carbocycles. The van der Waals surface area contributed by atoms with Gasteiger partial charge in [-0.15, -0.1) is 11.8 Å². The van der Waals surface area contributed by atoms with Crippen LogP contribution in [-0.2, 0) is 0 Å². The lowest BCUT2D eigenvalue weighted by Gasteiger charge is -2.01. The van der Waals surface area contributed by atoms with Crippen LogP contribution < -0.4 is 0 Å². The Balaban J connectivity index is 2.26. The predicted octanol–water partition coefficient (Wildman–Crippen LogP) is 4.65. The fourth-order valence-corrected chi connectivity index (χ4v) is 2.76. The van der Waals surface area contributed by atoms with Gasteiger partial charge in [0.15, 0.2) is 6.29 Å². The minimum absolute atomic E-state index is 0.141. The molecule has 0 aliphatic heterocycles. The lowest BCUT2D eigenvalue weighted by molar-refractivity contribution is 0.112. The SMILES string of the molecule is CSc1ccc(-c2[nH]c3c(F)cc(F)cc3c2C=O)cc1. The van der Waals surface area contributed by atoms with Crippen LogP contribution in [-0.4, -0.2) is 17.5 Å². The quantitative estimate of drug-likeness (QED) is 0.564. The Kier molecular flexibility index (Phi) is 3.51. The Bertz CT molecular complexity index is 824. The number of H-pyrrole nitrogens is 1. The molecule has 3 aromatic rings. The number of fused-ring (bicyclic) bond motifs is 1. The highest BCUT2D eigenvalue weighted by molar-refractivity contribution is 7.98. The van der Waals surface area contributed by atoms with Crippen molar-refractivity contribution in [3.63, 3.8) is 0 Å². The van der Waals surface area contributed by atoms with Crippen LogP contribution in [0.4, 0.5) is 8.78 Å². The summed E-state index contributed by atoms with van der Waals surface area (Å²) >= 11 is 1.60. The minimum Gasteiger partial charge on any atom is -0.352 e. The first-order chi connectivity index (χ1) is 10.1. The average Bonchev–Trinajstić information content (AvgIpc) is 2.86. The number of aromatic amines is 1. The summed E-state index contributed by atoms with van der Waals surface area (Å²) in [6.07, 6.45) is 2.59. The van der Waals surface area contributed by atoms with Gasteiger partial charge in [0.25, 0.3) is 0 Å². The number of hydrogen-bond donors (Lipinski definition) is 1. The van der Waals surface area contributed by atoms with Crippen molar-refractivity contribution in [2.75, 3.05) is 6.26 Å². The van der Waals surface area contributed by atoms with Crippen molar-refractivity contribution in [3.8, 4) is 11.3 Å². The van der Waals surface area contributed by atoms with Gasteiger partial charge in [-0.1, -0.05) is 12.1 Å². The van der Waals surface area contributed by atoms with Gasteiger partial charge in [-0.05, 0) is 30.0 Å². The van der Waals surface area contributed by atoms with E-state index in [-0.39, 0.29) is 16.5 Å². The van der Waals surface area contributed by atoms with Crippen LogP contribution in [0.25, 0.3) is 22.2 Å². The van der Waals surface area contributed by atoms with Crippen LogP contribution in [0.5, 0.6) is 0 Å². The highest BCUT2D eigenvalue weighted by Crippen LogP contribution is 2.32. The molecule has 106 valence electrons. The number of nitrogens with one attached hydrogen (secondary N) is 1. The topological polar surface area (TPSA) is 32.9 Å². The van der Waals surface area contributed by atoms with Crippen molar-refractivity contribution in [1.29, 1.82) is 0 Å². The van der Waals surface area contributed by atoms with Crippen molar-refractivity contribution in [3.05, 3.63) is 53.6 Å². The molecule has 1 heterocycles. The standard InChI is InChI=1S/C16H11F2NOS/c1-21-11-4-2-9(3-5-11)15-13(8-20)12-6-10(17)7-14(18)16(12)19-15/h2-8,19H,1H3. The minimum atomic E-state index is -0.708. The van der Waals surface area contributed by atoms with E-state index < -0.39 is 11.6 Å². The molecule has 1 N–H and O–H groups in total. The smallest absolute Gasteiger partial charge is 0.152 e. The van der Waals surface area contributed by atoms with Crippen LogP contribution in [0.2, 0.25) is 0 Å². The molecule has 1 aromatic heterocycles. The molecule has 3 rings (SSSR count). The molecule has 0 spiro atoms. The van der Waals surface area contributed by atoms with Gasteiger partial charge in [0, 0.05) is 21.9 Å². The predicted molar refractivity (Wildman–Crippen MR) is 80.8 cm³/mol. The van der Waals surface area contributed by atoms with Crippen LogP contribution in [0, 0.1) is 11.6 Å². The van der Waals surface area contributed by atoms with Crippen LogP contribution >= 0.6 is 11.8 Å². The summed E-state index contributed by atoms with van der Waals surface area (Å²) in [5.74, 6) is -1.41. The van der Waals surface area contributed by atoms with E-state index in [1.165, 1.54) is 6.07 Å². The number of rotatable bonds is 3. The normalized spacial score (nSPS) is 11.0. The lowest BCUT2D eigenvalue weighted by Crippen LogP contribution is -1.85. The molecule has 0 radical (unpaired) electrons. The molecule has 0 aliphatic carbocycles. The van der Waals surface area contributed by atoms with E-state index in [0.29, 0.717) is 12.0 Å². The first kappa shape index (κ1) is 13.8. The zero-order valence-corrected chi connectivity index (χ0v) is 11.9. The first-order valence-corrected chi connectivity index (χ1v) is 7.47. The zero-order valence-electron chi connectivity index (χ0n) is 11.1. The Morgan fingerprint density at radius 2 is 1.86 bits per heavy atom. The number of carbonyl (C=O) groups excluding carboxylic acids is 1. The molecule has 0 bridgehead atoms. The van der Waals surface area contributed by atoms with Gasteiger partial charge in [-0.25, -0.2) is 8.78 Å². The maximum atomic E-state index is 13.8. The van der Waals surface area contributed by atoms with Gasteiger partial charge >= 0.3 is 0 Å². The van der Waals surface area contributed by atoms with Crippen LogP contribution in [0.15, 0.2) is 41.3 Å². The lowest BCUT2D eigenvalue weighted by atomic mass is 10.1. The Labute approximate surface area is 124 Å². The summed E-state index contributed by atoms with van der Waals surface area (Å²) in [6, 6.07) is 9.48. The highest BCUT2D eigenvalue weighted by atomic mass is 32.2. The number of hydrogen-bond acceptors (Lipinski definition) is 2. The molecule has 21 heavy (non-hydrogen) atoms. The van der Waals surface area contributed by atoms with Gasteiger partial charge < -0.3 is 4.98 Å². The van der Waals surface area contributed by atoms with Crippen LogP contribution in [0.3, 0.4) is 0 Å². The molecule has 0 atom stereocenters. The number of benzene rings is 2. The molecule has 0 unspecified atom stereocenters. The number of halogens is 2. The maximum Gasteiger partial charge on any atom is 0.152 e. The van der Waals surface area contributed by atoms with Crippen molar-refractivity contribution in [1.82, 2.24) is 4.98 Å². The molecule has 2 nitrogen and oxygen atoms in total. The number of aromatic nitrogens is 1. The molecular formula is C16H11F2NOS. The molecular weight excluding hydrogens is 292 g/mol. The number of aldehydes is 1. The number of carbonyl (C=O) groups is 1. The van der Waals surface area contributed by atoms with E-state index in [9.17, 15) is 13.6 Å². The molecule has 2 aromatic carbocycles. The Morgan fingerprint density at radius 1 is 1.14 bits per heavy atom. The fraction of sp³-hybridized carbons (Fsp3) is 0.0625. The summed E-state index contributed by atoms with van der Waals surface area (Å²) in [7, 11) is 0. The van der Waals surface area contributed by atoms with Gasteiger partial charge in [0.05, 0.1) is 11.2 Å².